The standard InChI is InChI=1S/C22H16F6N4S/c23-13-3-1-11(2-4-13)18-17(15-7-14(24)8-16(25)19(15)30-18)12-5-10(6-12)9-29-21-32-31-20(33-21)22(26,27)28/h1-4,7-8,10,12,30H,5-6,9H2,(H,29,32). The van der Waals surface area contributed by atoms with E-state index in [0.29, 0.717) is 47.4 Å². The van der Waals surface area contributed by atoms with Gasteiger partial charge in [0.1, 0.15) is 17.5 Å². The van der Waals surface area contributed by atoms with Gasteiger partial charge in [0.05, 0.1) is 11.2 Å². The monoisotopic (exact) mass is 482 g/mol. The maximum atomic E-state index is 14.4. The molecule has 2 aromatic carbocycles. The summed E-state index contributed by atoms with van der Waals surface area (Å²) in [6.45, 7) is 0.403. The summed E-state index contributed by atoms with van der Waals surface area (Å²) >= 11 is 0.444. The van der Waals surface area contributed by atoms with Gasteiger partial charge in [-0.2, -0.15) is 13.2 Å². The molecule has 11 heteroatoms. The topological polar surface area (TPSA) is 53.6 Å². The second-order valence-corrected chi connectivity index (χ2v) is 9.03. The Morgan fingerprint density at radius 3 is 2.39 bits per heavy atom. The molecule has 0 unspecified atom stereocenters. The highest BCUT2D eigenvalue weighted by Crippen LogP contribution is 2.48. The van der Waals surface area contributed by atoms with Crippen molar-refractivity contribution < 1.29 is 26.3 Å². The molecule has 1 saturated carbocycles. The van der Waals surface area contributed by atoms with Crippen molar-refractivity contribution in [3.05, 3.63) is 64.4 Å². The molecule has 2 N–H and O–H groups in total. The minimum Gasteiger partial charge on any atom is -0.360 e. The van der Waals surface area contributed by atoms with Crippen LogP contribution in [0.1, 0.15) is 29.3 Å². The van der Waals surface area contributed by atoms with Crippen LogP contribution in [-0.4, -0.2) is 21.7 Å². The molecular weight excluding hydrogens is 466 g/mol. The summed E-state index contributed by atoms with van der Waals surface area (Å²) < 4.78 is 79.9. The molecule has 4 nitrogen and oxygen atoms in total. The van der Waals surface area contributed by atoms with E-state index in [1.807, 2.05) is 0 Å². The van der Waals surface area contributed by atoms with Crippen LogP contribution in [-0.2, 0) is 6.18 Å². The Morgan fingerprint density at radius 1 is 1.00 bits per heavy atom. The first kappa shape index (κ1) is 21.7. The first-order chi connectivity index (χ1) is 15.7. The van der Waals surface area contributed by atoms with Gasteiger partial charge in [-0.05, 0) is 66.1 Å². The van der Waals surface area contributed by atoms with Gasteiger partial charge in [0.15, 0.2) is 0 Å². The van der Waals surface area contributed by atoms with E-state index in [9.17, 15) is 26.3 Å². The molecule has 1 fully saturated rings. The Balaban J connectivity index is 1.37. The summed E-state index contributed by atoms with van der Waals surface area (Å²) in [6.07, 6.45) is -3.20. The molecule has 33 heavy (non-hydrogen) atoms. The second-order valence-electron chi connectivity index (χ2n) is 8.06. The van der Waals surface area contributed by atoms with Crippen molar-refractivity contribution in [2.45, 2.75) is 24.9 Å². The molecule has 5 rings (SSSR count). The lowest BCUT2D eigenvalue weighted by atomic mass is 9.70. The first-order valence-corrected chi connectivity index (χ1v) is 10.9. The van der Waals surface area contributed by atoms with Gasteiger partial charge >= 0.3 is 6.18 Å². The number of nitrogens with zero attached hydrogens (tertiary/aromatic N) is 2. The predicted molar refractivity (Wildman–Crippen MR) is 112 cm³/mol. The summed E-state index contributed by atoms with van der Waals surface area (Å²) in [5.74, 6) is -1.70. The third-order valence-corrected chi connectivity index (χ3v) is 6.78. The molecule has 1 aliphatic rings. The van der Waals surface area contributed by atoms with E-state index in [2.05, 4.69) is 20.5 Å². The van der Waals surface area contributed by atoms with Crippen LogP contribution in [0.5, 0.6) is 0 Å². The SMILES string of the molecule is Fc1ccc(-c2[nH]c3c(F)cc(F)cc3c2C2CC(CNc3nnc(C(F)(F)F)s3)C2)cc1. The number of alkyl halides is 3. The first-order valence-electron chi connectivity index (χ1n) is 10.1. The van der Waals surface area contributed by atoms with Crippen molar-refractivity contribution in [2.24, 2.45) is 5.92 Å². The van der Waals surface area contributed by atoms with Crippen LogP contribution in [0.15, 0.2) is 36.4 Å². The molecular formula is C22H16F6N4S. The highest BCUT2D eigenvalue weighted by molar-refractivity contribution is 7.15. The number of hydrogen-bond acceptors (Lipinski definition) is 4. The Morgan fingerprint density at radius 2 is 1.73 bits per heavy atom. The lowest BCUT2D eigenvalue weighted by Crippen LogP contribution is -2.28. The second kappa shape index (κ2) is 8.05. The predicted octanol–water partition coefficient (Wildman–Crippen LogP) is 6.73. The molecule has 0 bridgehead atoms. The van der Waals surface area contributed by atoms with Crippen LogP contribution in [0.4, 0.5) is 31.5 Å². The summed E-state index contributed by atoms with van der Waals surface area (Å²) in [6, 6.07) is 7.83. The fourth-order valence-electron chi connectivity index (χ4n) is 4.29. The Labute approximate surface area is 187 Å². The summed E-state index contributed by atoms with van der Waals surface area (Å²) in [4.78, 5) is 3.03. The number of rotatable bonds is 5. The Bertz CT molecular complexity index is 1310. The summed E-state index contributed by atoms with van der Waals surface area (Å²) in [5.41, 5.74) is 2.18. The van der Waals surface area contributed by atoms with Gasteiger partial charge in [-0.1, -0.05) is 11.3 Å². The quantitative estimate of drug-likeness (QED) is 0.310. The van der Waals surface area contributed by atoms with Gasteiger partial charge < -0.3 is 10.3 Å². The van der Waals surface area contributed by atoms with Gasteiger partial charge in [0.25, 0.3) is 0 Å². The van der Waals surface area contributed by atoms with Crippen LogP contribution in [0, 0.1) is 23.4 Å². The van der Waals surface area contributed by atoms with E-state index in [4.69, 9.17) is 0 Å². The lowest BCUT2D eigenvalue weighted by molar-refractivity contribution is -0.138. The zero-order chi connectivity index (χ0) is 23.3. The largest absolute Gasteiger partial charge is 0.445 e. The fraction of sp³-hybridized carbons (Fsp3) is 0.273. The Kier molecular flexibility index (Phi) is 5.31. The highest BCUT2D eigenvalue weighted by atomic mass is 32.1. The van der Waals surface area contributed by atoms with Gasteiger partial charge in [-0.15, -0.1) is 10.2 Å². The molecule has 0 amide bonds. The number of hydrogen-bond donors (Lipinski definition) is 2. The number of fused-ring (bicyclic) bond motifs is 1. The zero-order valence-corrected chi connectivity index (χ0v) is 17.6. The van der Waals surface area contributed by atoms with Crippen LogP contribution in [0.3, 0.4) is 0 Å². The van der Waals surface area contributed by atoms with Gasteiger partial charge in [0.2, 0.25) is 10.1 Å². The third kappa shape index (κ3) is 4.17. The number of benzene rings is 2. The Hall–Kier alpha value is -3.08. The maximum Gasteiger partial charge on any atom is 0.445 e. The molecule has 0 spiro atoms. The molecule has 1 aliphatic carbocycles. The number of nitrogens with one attached hydrogen (secondary N) is 2. The van der Waals surface area contributed by atoms with Crippen LogP contribution >= 0.6 is 11.3 Å². The zero-order valence-electron chi connectivity index (χ0n) is 16.8. The van der Waals surface area contributed by atoms with E-state index in [0.717, 1.165) is 11.6 Å². The molecule has 0 atom stereocenters. The summed E-state index contributed by atoms with van der Waals surface area (Å²) in [7, 11) is 0. The molecule has 0 saturated heterocycles. The maximum absolute atomic E-state index is 14.4. The molecule has 2 aromatic heterocycles. The van der Waals surface area contributed by atoms with Crippen LogP contribution in [0.2, 0.25) is 0 Å². The van der Waals surface area contributed by atoms with E-state index in [1.165, 1.54) is 18.2 Å². The minimum absolute atomic E-state index is 0.0213. The number of aromatic nitrogens is 3. The molecule has 172 valence electrons. The van der Waals surface area contributed by atoms with Gasteiger partial charge in [-0.25, -0.2) is 13.2 Å². The number of aromatic amines is 1. The fourth-order valence-corrected chi connectivity index (χ4v) is 4.90. The number of H-pyrrole nitrogens is 1. The highest BCUT2D eigenvalue weighted by Gasteiger charge is 2.37. The van der Waals surface area contributed by atoms with Crippen molar-refractivity contribution >= 4 is 27.4 Å². The third-order valence-electron chi connectivity index (χ3n) is 5.85. The number of anilines is 1. The van der Waals surface area contributed by atoms with Crippen molar-refractivity contribution in [3.63, 3.8) is 0 Å². The average molecular weight is 482 g/mol. The van der Waals surface area contributed by atoms with Crippen molar-refractivity contribution in [3.8, 4) is 11.3 Å². The van der Waals surface area contributed by atoms with E-state index in [-0.39, 0.29) is 22.5 Å². The van der Waals surface area contributed by atoms with Crippen molar-refractivity contribution in [1.82, 2.24) is 15.2 Å². The molecule has 0 aliphatic heterocycles. The molecule has 2 heterocycles. The molecule has 4 aromatic rings. The average Bonchev–Trinajstić information content (AvgIpc) is 3.33. The van der Waals surface area contributed by atoms with Crippen LogP contribution < -0.4 is 5.32 Å². The van der Waals surface area contributed by atoms with E-state index in [1.54, 1.807) is 12.1 Å². The smallest absolute Gasteiger partial charge is 0.360 e. The molecule has 0 radical (unpaired) electrons. The normalized spacial score (nSPS) is 18.5. The lowest BCUT2D eigenvalue weighted by Gasteiger charge is -2.36. The van der Waals surface area contributed by atoms with Gasteiger partial charge in [-0.3, -0.25) is 0 Å². The van der Waals surface area contributed by atoms with Crippen molar-refractivity contribution in [2.75, 3.05) is 11.9 Å². The number of halogens is 6. The van der Waals surface area contributed by atoms with E-state index < -0.39 is 28.6 Å². The van der Waals surface area contributed by atoms with Gasteiger partial charge in [0, 0.05) is 18.0 Å². The van der Waals surface area contributed by atoms with Crippen molar-refractivity contribution in [1.29, 1.82) is 0 Å². The summed E-state index contributed by atoms with van der Waals surface area (Å²) in [5, 5.41) is 9.07. The minimum atomic E-state index is -4.53. The van der Waals surface area contributed by atoms with Crippen LogP contribution in [0.25, 0.3) is 22.2 Å². The van der Waals surface area contributed by atoms with E-state index >= 15 is 0 Å².